The first-order valence-electron chi connectivity index (χ1n) is 9.68. The molecule has 2 unspecified atom stereocenters. The third kappa shape index (κ3) is 6.95. The fourth-order valence-electron chi connectivity index (χ4n) is 3.49. The van der Waals surface area contributed by atoms with Gasteiger partial charge in [-0.15, -0.1) is 24.0 Å². The lowest BCUT2D eigenvalue weighted by Gasteiger charge is -2.21. The molecular weight excluding hydrogens is 453 g/mol. The number of guanidine groups is 1. The summed E-state index contributed by atoms with van der Waals surface area (Å²) in [6.07, 6.45) is 3.19. The summed E-state index contributed by atoms with van der Waals surface area (Å²) >= 11 is 0. The molecule has 3 N–H and O–H groups in total. The molecule has 1 heterocycles. The summed E-state index contributed by atoms with van der Waals surface area (Å²) in [7, 11) is 1.79. The second-order valence-electron chi connectivity index (χ2n) is 7.41. The van der Waals surface area contributed by atoms with E-state index in [-0.39, 0.29) is 35.8 Å². The predicted molar refractivity (Wildman–Crippen MR) is 120 cm³/mol. The molecular formula is C20H32IN5O. The van der Waals surface area contributed by atoms with Gasteiger partial charge >= 0.3 is 0 Å². The molecule has 1 aromatic rings. The van der Waals surface area contributed by atoms with E-state index in [9.17, 15) is 4.79 Å². The fourth-order valence-corrected chi connectivity index (χ4v) is 3.49. The summed E-state index contributed by atoms with van der Waals surface area (Å²) in [6, 6.07) is 11.6. The standard InChI is InChI=1S/C20H31N5O.HI/c1-15-12-18(14-25(15)13-16-6-4-3-5-7-16)24-20(21-2)23-11-10-22-19(26)17-8-9-17;/h3-7,15,17-18H,8-14H2,1-2H3,(H,22,26)(H2,21,23,24);1H. The van der Waals surface area contributed by atoms with Crippen molar-refractivity contribution in [1.29, 1.82) is 0 Å². The minimum atomic E-state index is 0. The molecule has 1 amide bonds. The zero-order valence-corrected chi connectivity index (χ0v) is 18.6. The molecule has 0 aromatic heterocycles. The summed E-state index contributed by atoms with van der Waals surface area (Å²) in [4.78, 5) is 18.5. The van der Waals surface area contributed by atoms with Gasteiger partial charge in [0.25, 0.3) is 0 Å². The van der Waals surface area contributed by atoms with Gasteiger partial charge in [0, 0.05) is 51.2 Å². The molecule has 1 aliphatic heterocycles. The number of aliphatic imine (C=N–C) groups is 1. The van der Waals surface area contributed by atoms with Crippen LogP contribution in [0, 0.1) is 5.92 Å². The van der Waals surface area contributed by atoms with E-state index in [0.717, 1.165) is 38.3 Å². The molecule has 1 aliphatic carbocycles. The summed E-state index contributed by atoms with van der Waals surface area (Å²) in [6.45, 7) is 5.61. The van der Waals surface area contributed by atoms with Gasteiger partial charge in [0.05, 0.1) is 0 Å². The van der Waals surface area contributed by atoms with Crippen molar-refractivity contribution in [2.24, 2.45) is 10.9 Å². The van der Waals surface area contributed by atoms with E-state index in [2.05, 4.69) is 63.1 Å². The van der Waals surface area contributed by atoms with E-state index in [1.54, 1.807) is 7.05 Å². The van der Waals surface area contributed by atoms with Gasteiger partial charge in [0.15, 0.2) is 5.96 Å². The normalized spacial score (nSPS) is 22.8. The number of halogens is 1. The molecule has 6 nitrogen and oxygen atoms in total. The molecule has 0 radical (unpaired) electrons. The minimum absolute atomic E-state index is 0. The van der Waals surface area contributed by atoms with Gasteiger partial charge in [-0.2, -0.15) is 0 Å². The Hall–Kier alpha value is -1.35. The van der Waals surface area contributed by atoms with Gasteiger partial charge in [-0.3, -0.25) is 14.7 Å². The number of rotatable bonds is 7. The predicted octanol–water partition coefficient (Wildman–Crippen LogP) is 1.96. The van der Waals surface area contributed by atoms with Gasteiger partial charge in [-0.05, 0) is 31.7 Å². The highest BCUT2D eigenvalue weighted by atomic mass is 127. The van der Waals surface area contributed by atoms with Gasteiger partial charge < -0.3 is 16.0 Å². The van der Waals surface area contributed by atoms with Gasteiger partial charge in [0.2, 0.25) is 5.91 Å². The topological polar surface area (TPSA) is 68.8 Å². The molecule has 3 rings (SSSR count). The second-order valence-corrected chi connectivity index (χ2v) is 7.41. The first-order chi connectivity index (χ1) is 12.7. The summed E-state index contributed by atoms with van der Waals surface area (Å²) < 4.78 is 0. The maximum absolute atomic E-state index is 11.6. The van der Waals surface area contributed by atoms with Crippen molar-refractivity contribution in [2.75, 3.05) is 26.7 Å². The molecule has 1 saturated heterocycles. The summed E-state index contributed by atoms with van der Waals surface area (Å²) in [5, 5.41) is 9.78. The van der Waals surface area contributed by atoms with Crippen LogP contribution in [0.4, 0.5) is 0 Å². The minimum Gasteiger partial charge on any atom is -0.355 e. The third-order valence-electron chi connectivity index (χ3n) is 5.16. The quantitative estimate of drug-likeness (QED) is 0.239. The Morgan fingerprint density at radius 1 is 1.19 bits per heavy atom. The molecule has 2 aliphatic rings. The average Bonchev–Trinajstić information content (AvgIpc) is 3.44. The van der Waals surface area contributed by atoms with Crippen LogP contribution >= 0.6 is 24.0 Å². The first kappa shape index (κ1) is 21.9. The number of carbonyl (C=O) groups excluding carboxylic acids is 1. The molecule has 2 atom stereocenters. The average molecular weight is 485 g/mol. The molecule has 7 heteroatoms. The van der Waals surface area contributed by atoms with Crippen LogP contribution in [0.2, 0.25) is 0 Å². The molecule has 1 saturated carbocycles. The van der Waals surface area contributed by atoms with E-state index in [1.807, 2.05) is 0 Å². The number of benzene rings is 1. The van der Waals surface area contributed by atoms with Crippen LogP contribution in [0.3, 0.4) is 0 Å². The fraction of sp³-hybridized carbons (Fsp3) is 0.600. The Labute approximate surface area is 179 Å². The largest absolute Gasteiger partial charge is 0.355 e. The number of hydrogen-bond acceptors (Lipinski definition) is 3. The zero-order chi connectivity index (χ0) is 18.4. The highest BCUT2D eigenvalue weighted by Gasteiger charge is 2.30. The lowest BCUT2D eigenvalue weighted by atomic mass is 10.2. The Balaban J connectivity index is 0.00000261. The first-order valence-corrected chi connectivity index (χ1v) is 9.68. The van der Waals surface area contributed by atoms with Crippen molar-refractivity contribution in [3.63, 3.8) is 0 Å². The molecule has 0 spiro atoms. The van der Waals surface area contributed by atoms with Crippen LogP contribution < -0.4 is 16.0 Å². The number of likely N-dealkylation sites (tertiary alicyclic amines) is 1. The smallest absolute Gasteiger partial charge is 0.223 e. The SMILES string of the molecule is CN=C(NCCNC(=O)C1CC1)NC1CC(C)N(Cc2ccccc2)C1.I. The lowest BCUT2D eigenvalue weighted by molar-refractivity contribution is -0.122. The van der Waals surface area contributed by atoms with Crippen molar-refractivity contribution in [2.45, 2.75) is 44.8 Å². The van der Waals surface area contributed by atoms with Crippen LogP contribution in [0.15, 0.2) is 35.3 Å². The van der Waals surface area contributed by atoms with E-state index in [4.69, 9.17) is 0 Å². The maximum Gasteiger partial charge on any atom is 0.223 e. The zero-order valence-electron chi connectivity index (χ0n) is 16.3. The van der Waals surface area contributed by atoms with Crippen LogP contribution in [0.1, 0.15) is 31.7 Å². The highest BCUT2D eigenvalue weighted by Crippen LogP contribution is 2.28. The van der Waals surface area contributed by atoms with Crippen molar-refractivity contribution < 1.29 is 4.79 Å². The maximum atomic E-state index is 11.6. The van der Waals surface area contributed by atoms with Crippen molar-refractivity contribution in [3.05, 3.63) is 35.9 Å². The van der Waals surface area contributed by atoms with Crippen LogP contribution in [-0.2, 0) is 11.3 Å². The van der Waals surface area contributed by atoms with E-state index < -0.39 is 0 Å². The summed E-state index contributed by atoms with van der Waals surface area (Å²) in [5.74, 6) is 1.27. The summed E-state index contributed by atoms with van der Waals surface area (Å²) in [5.41, 5.74) is 1.36. The van der Waals surface area contributed by atoms with Crippen molar-refractivity contribution in [1.82, 2.24) is 20.9 Å². The lowest BCUT2D eigenvalue weighted by Crippen LogP contribution is -2.46. The Morgan fingerprint density at radius 2 is 1.89 bits per heavy atom. The molecule has 0 bridgehead atoms. The third-order valence-corrected chi connectivity index (χ3v) is 5.16. The van der Waals surface area contributed by atoms with Crippen LogP contribution in [0.25, 0.3) is 0 Å². The highest BCUT2D eigenvalue weighted by molar-refractivity contribution is 14.0. The number of nitrogens with one attached hydrogen (secondary N) is 3. The van der Waals surface area contributed by atoms with Crippen molar-refractivity contribution in [3.8, 4) is 0 Å². The van der Waals surface area contributed by atoms with Gasteiger partial charge in [-0.25, -0.2) is 0 Å². The van der Waals surface area contributed by atoms with E-state index in [0.29, 0.717) is 25.2 Å². The Morgan fingerprint density at radius 3 is 2.56 bits per heavy atom. The van der Waals surface area contributed by atoms with Crippen LogP contribution in [-0.4, -0.2) is 55.5 Å². The molecule has 2 fully saturated rings. The molecule has 150 valence electrons. The van der Waals surface area contributed by atoms with Crippen molar-refractivity contribution >= 4 is 35.8 Å². The molecule has 27 heavy (non-hydrogen) atoms. The van der Waals surface area contributed by atoms with Gasteiger partial charge in [-0.1, -0.05) is 30.3 Å². The van der Waals surface area contributed by atoms with E-state index >= 15 is 0 Å². The Bertz CT molecular complexity index is 620. The Kier molecular flexibility index (Phi) is 8.82. The van der Waals surface area contributed by atoms with E-state index in [1.165, 1.54) is 5.56 Å². The van der Waals surface area contributed by atoms with Crippen LogP contribution in [0.5, 0.6) is 0 Å². The number of hydrogen-bond donors (Lipinski definition) is 3. The number of nitrogens with zero attached hydrogens (tertiary/aromatic N) is 2. The monoisotopic (exact) mass is 485 g/mol. The number of amides is 1. The second kappa shape index (κ2) is 10.8. The van der Waals surface area contributed by atoms with Gasteiger partial charge in [0.1, 0.15) is 0 Å². The number of carbonyl (C=O) groups is 1. The molecule has 1 aromatic carbocycles.